The van der Waals surface area contributed by atoms with Gasteiger partial charge in [-0.2, -0.15) is 0 Å². The van der Waals surface area contributed by atoms with Crippen LogP contribution in [-0.4, -0.2) is 42.2 Å². The van der Waals surface area contributed by atoms with E-state index in [-0.39, 0.29) is 5.91 Å². The minimum atomic E-state index is 0.286. The Bertz CT molecular complexity index is 441. The maximum absolute atomic E-state index is 12.6. The Balaban J connectivity index is 1.89. The lowest BCUT2D eigenvalue weighted by Gasteiger charge is -2.34. The van der Waals surface area contributed by atoms with Crippen molar-refractivity contribution in [1.82, 2.24) is 10.2 Å². The fourth-order valence-corrected chi connectivity index (χ4v) is 3.52. The van der Waals surface area contributed by atoms with E-state index in [2.05, 4.69) is 48.3 Å². The summed E-state index contributed by atoms with van der Waals surface area (Å²) in [7, 11) is 0. The van der Waals surface area contributed by atoms with E-state index in [1.54, 1.807) is 11.8 Å². The second-order valence-electron chi connectivity index (χ2n) is 5.67. The Morgan fingerprint density at radius 3 is 2.57 bits per heavy atom. The van der Waals surface area contributed by atoms with E-state index in [4.69, 9.17) is 0 Å². The van der Waals surface area contributed by atoms with Crippen LogP contribution < -0.4 is 5.32 Å². The van der Waals surface area contributed by atoms with Crippen LogP contribution in [0.3, 0.4) is 0 Å². The molecule has 1 aromatic rings. The van der Waals surface area contributed by atoms with Gasteiger partial charge in [0.05, 0.1) is 5.75 Å². The Labute approximate surface area is 132 Å². The normalized spacial score (nSPS) is 15.9. The van der Waals surface area contributed by atoms with Crippen LogP contribution in [0.15, 0.2) is 29.2 Å². The van der Waals surface area contributed by atoms with Crippen molar-refractivity contribution < 1.29 is 4.79 Å². The summed E-state index contributed by atoms with van der Waals surface area (Å²) in [5.74, 6) is 0.835. The van der Waals surface area contributed by atoms with Gasteiger partial charge in [0.1, 0.15) is 0 Å². The first-order chi connectivity index (χ1) is 10.2. The van der Waals surface area contributed by atoms with Gasteiger partial charge in [0.15, 0.2) is 0 Å². The third-order valence-electron chi connectivity index (χ3n) is 3.92. The molecule has 0 aromatic heterocycles. The molecule has 1 aliphatic heterocycles. The van der Waals surface area contributed by atoms with Crippen molar-refractivity contribution in [3.63, 3.8) is 0 Å². The molecule has 2 rings (SSSR count). The van der Waals surface area contributed by atoms with Crippen LogP contribution in [0.4, 0.5) is 0 Å². The molecular formula is C17H26N2OS. The number of aryl methyl sites for hydroxylation is 1. The molecule has 0 atom stereocenters. The average molecular weight is 306 g/mol. The zero-order valence-electron chi connectivity index (χ0n) is 13.1. The van der Waals surface area contributed by atoms with Crippen molar-refractivity contribution in [1.29, 1.82) is 0 Å². The molecule has 1 aliphatic rings. The van der Waals surface area contributed by atoms with Crippen LogP contribution >= 0.6 is 11.8 Å². The highest BCUT2D eigenvalue weighted by Gasteiger charge is 2.24. The van der Waals surface area contributed by atoms with Crippen molar-refractivity contribution in [2.24, 2.45) is 0 Å². The number of nitrogens with zero attached hydrogens (tertiary/aromatic N) is 1. The van der Waals surface area contributed by atoms with Gasteiger partial charge in [0, 0.05) is 17.5 Å². The zero-order valence-corrected chi connectivity index (χ0v) is 13.9. The van der Waals surface area contributed by atoms with Crippen molar-refractivity contribution in [3.05, 3.63) is 29.8 Å². The first kappa shape index (κ1) is 16.4. The SMILES string of the molecule is CCCN(C(=O)CSc1ccc(C)cc1)C1CCNCC1. The van der Waals surface area contributed by atoms with Gasteiger partial charge in [-0.3, -0.25) is 4.79 Å². The highest BCUT2D eigenvalue weighted by molar-refractivity contribution is 8.00. The molecule has 3 nitrogen and oxygen atoms in total. The minimum Gasteiger partial charge on any atom is -0.339 e. The number of amides is 1. The summed E-state index contributed by atoms with van der Waals surface area (Å²) in [4.78, 5) is 15.8. The summed E-state index contributed by atoms with van der Waals surface area (Å²) in [5.41, 5.74) is 1.26. The molecule has 4 heteroatoms. The molecule has 1 saturated heterocycles. The van der Waals surface area contributed by atoms with Gasteiger partial charge in [-0.05, 0) is 51.4 Å². The number of hydrogen-bond acceptors (Lipinski definition) is 3. The summed E-state index contributed by atoms with van der Waals surface area (Å²) in [6, 6.07) is 8.83. The maximum Gasteiger partial charge on any atom is 0.233 e. The third kappa shape index (κ3) is 5.04. The molecule has 116 valence electrons. The zero-order chi connectivity index (χ0) is 15.1. The standard InChI is InChI=1S/C17H26N2OS/c1-3-12-19(15-8-10-18-11-9-15)17(20)13-21-16-6-4-14(2)5-7-16/h4-7,15,18H,3,8-13H2,1-2H3. The molecule has 0 radical (unpaired) electrons. The van der Waals surface area contributed by atoms with E-state index >= 15 is 0 Å². The van der Waals surface area contributed by atoms with Crippen molar-refractivity contribution >= 4 is 17.7 Å². The molecular weight excluding hydrogens is 280 g/mol. The lowest BCUT2D eigenvalue weighted by atomic mass is 10.0. The Morgan fingerprint density at radius 1 is 1.29 bits per heavy atom. The second kappa shape index (κ2) is 8.44. The molecule has 1 aromatic carbocycles. The Kier molecular flexibility index (Phi) is 6.58. The van der Waals surface area contributed by atoms with Crippen LogP contribution in [0.25, 0.3) is 0 Å². The van der Waals surface area contributed by atoms with Crippen LogP contribution in [-0.2, 0) is 4.79 Å². The molecule has 0 spiro atoms. The van der Waals surface area contributed by atoms with Gasteiger partial charge in [-0.1, -0.05) is 24.6 Å². The van der Waals surface area contributed by atoms with Crippen molar-refractivity contribution in [2.75, 3.05) is 25.4 Å². The van der Waals surface area contributed by atoms with E-state index in [0.29, 0.717) is 11.8 Å². The van der Waals surface area contributed by atoms with Crippen LogP contribution in [0.1, 0.15) is 31.7 Å². The Morgan fingerprint density at radius 2 is 1.95 bits per heavy atom. The van der Waals surface area contributed by atoms with Gasteiger partial charge < -0.3 is 10.2 Å². The van der Waals surface area contributed by atoms with E-state index in [0.717, 1.165) is 38.9 Å². The summed E-state index contributed by atoms with van der Waals surface area (Å²) < 4.78 is 0. The molecule has 21 heavy (non-hydrogen) atoms. The fourth-order valence-electron chi connectivity index (χ4n) is 2.73. The molecule has 0 aliphatic carbocycles. The molecule has 1 N–H and O–H groups in total. The second-order valence-corrected chi connectivity index (χ2v) is 6.72. The highest BCUT2D eigenvalue weighted by atomic mass is 32.2. The van der Waals surface area contributed by atoms with Gasteiger partial charge in [-0.25, -0.2) is 0 Å². The van der Waals surface area contributed by atoms with E-state index in [1.807, 2.05) is 0 Å². The lowest BCUT2D eigenvalue weighted by molar-refractivity contribution is -0.131. The number of carbonyl (C=O) groups excluding carboxylic acids is 1. The molecule has 1 fully saturated rings. The predicted molar refractivity (Wildman–Crippen MR) is 89.8 cm³/mol. The first-order valence-corrected chi connectivity index (χ1v) is 8.89. The number of thioether (sulfide) groups is 1. The van der Waals surface area contributed by atoms with Crippen LogP contribution in [0.2, 0.25) is 0 Å². The smallest absolute Gasteiger partial charge is 0.233 e. The first-order valence-electron chi connectivity index (χ1n) is 7.90. The lowest BCUT2D eigenvalue weighted by Crippen LogP contribution is -2.47. The van der Waals surface area contributed by atoms with E-state index in [9.17, 15) is 4.79 Å². The quantitative estimate of drug-likeness (QED) is 0.820. The monoisotopic (exact) mass is 306 g/mol. The van der Waals surface area contributed by atoms with E-state index < -0.39 is 0 Å². The number of benzene rings is 1. The van der Waals surface area contributed by atoms with Crippen LogP contribution in [0, 0.1) is 6.92 Å². The number of nitrogens with one attached hydrogen (secondary N) is 1. The largest absolute Gasteiger partial charge is 0.339 e. The highest BCUT2D eigenvalue weighted by Crippen LogP contribution is 2.20. The number of hydrogen-bond donors (Lipinski definition) is 1. The fraction of sp³-hybridized carbons (Fsp3) is 0.588. The van der Waals surface area contributed by atoms with Gasteiger partial charge in [0.2, 0.25) is 5.91 Å². The van der Waals surface area contributed by atoms with Gasteiger partial charge in [0.25, 0.3) is 0 Å². The van der Waals surface area contributed by atoms with Gasteiger partial charge >= 0.3 is 0 Å². The summed E-state index contributed by atoms with van der Waals surface area (Å²) in [6.07, 6.45) is 3.20. The molecule has 0 saturated carbocycles. The number of piperidine rings is 1. The topological polar surface area (TPSA) is 32.3 Å². The van der Waals surface area contributed by atoms with Crippen molar-refractivity contribution in [3.8, 4) is 0 Å². The summed E-state index contributed by atoms with van der Waals surface area (Å²) in [6.45, 7) is 7.18. The number of carbonyl (C=O) groups is 1. The summed E-state index contributed by atoms with van der Waals surface area (Å²) >= 11 is 1.65. The molecule has 0 bridgehead atoms. The summed E-state index contributed by atoms with van der Waals surface area (Å²) in [5, 5.41) is 3.37. The molecule has 0 unspecified atom stereocenters. The number of rotatable bonds is 6. The molecule has 1 heterocycles. The average Bonchev–Trinajstić information content (AvgIpc) is 2.52. The van der Waals surface area contributed by atoms with Gasteiger partial charge in [-0.15, -0.1) is 11.8 Å². The molecule has 1 amide bonds. The predicted octanol–water partition coefficient (Wildman–Crippen LogP) is 3.08. The minimum absolute atomic E-state index is 0.286. The third-order valence-corrected chi connectivity index (χ3v) is 4.91. The van der Waals surface area contributed by atoms with Crippen molar-refractivity contribution in [2.45, 2.75) is 44.0 Å². The maximum atomic E-state index is 12.6. The Hall–Kier alpha value is -1.00. The van der Waals surface area contributed by atoms with E-state index in [1.165, 1.54) is 10.5 Å². The van der Waals surface area contributed by atoms with Crippen LogP contribution in [0.5, 0.6) is 0 Å².